The van der Waals surface area contributed by atoms with Crippen LogP contribution in [0.4, 0.5) is 5.69 Å². The zero-order valence-corrected chi connectivity index (χ0v) is 19.0. The van der Waals surface area contributed by atoms with Crippen LogP contribution < -0.4 is 10.1 Å². The van der Waals surface area contributed by atoms with Gasteiger partial charge < -0.3 is 14.6 Å². The molecule has 2 aromatic rings. The van der Waals surface area contributed by atoms with Crippen molar-refractivity contribution in [2.75, 3.05) is 38.1 Å². The fourth-order valence-corrected chi connectivity index (χ4v) is 5.87. The van der Waals surface area contributed by atoms with E-state index in [4.69, 9.17) is 9.26 Å². The third-order valence-electron chi connectivity index (χ3n) is 5.86. The number of carbonyl (C=O) groups excluding carboxylic acids is 1. The topological polar surface area (TPSA) is 105 Å². The molecule has 2 aliphatic rings. The monoisotopic (exact) mass is 448 g/mol. The van der Waals surface area contributed by atoms with Crippen molar-refractivity contribution in [2.45, 2.75) is 44.6 Å². The first kappa shape index (κ1) is 21.8. The minimum atomic E-state index is -3.76. The molecule has 3 heterocycles. The van der Waals surface area contributed by atoms with Gasteiger partial charge in [0.25, 0.3) is 0 Å². The number of aryl methyl sites for hydroxylation is 2. The summed E-state index contributed by atoms with van der Waals surface area (Å²) in [5.74, 6) is 1.05. The fourth-order valence-electron chi connectivity index (χ4n) is 4.11. The molecule has 0 saturated carbocycles. The molecular formula is C21H28N4O5S. The lowest BCUT2D eigenvalue weighted by molar-refractivity contribution is -0.118. The van der Waals surface area contributed by atoms with Gasteiger partial charge in [-0.05, 0) is 37.5 Å². The number of aromatic nitrogens is 1. The summed E-state index contributed by atoms with van der Waals surface area (Å²) < 4.78 is 39.0. The third-order valence-corrected chi connectivity index (χ3v) is 7.97. The number of ether oxygens (including phenoxy) is 1. The molecular weight excluding hydrogens is 420 g/mol. The number of fused-ring (bicyclic) bond motifs is 2. The van der Waals surface area contributed by atoms with Crippen LogP contribution in [0.5, 0.6) is 5.75 Å². The molecule has 1 N–H and O–H groups in total. The van der Waals surface area contributed by atoms with Gasteiger partial charge in [-0.25, -0.2) is 8.42 Å². The number of piperazine rings is 1. The van der Waals surface area contributed by atoms with Crippen molar-refractivity contribution >= 4 is 21.6 Å². The van der Waals surface area contributed by atoms with Gasteiger partial charge in [-0.3, -0.25) is 9.69 Å². The molecule has 1 atom stereocenters. The zero-order chi connectivity index (χ0) is 22.3. The molecule has 0 spiro atoms. The van der Waals surface area contributed by atoms with Gasteiger partial charge in [0.1, 0.15) is 22.9 Å². The standard InChI is InChI=1S/C21H28N4O5S/c1-13(2)16-5-6-19-18(9-16)22-20(26)11-24-7-8-25(10-17(24)12-29-19)31(27,28)21-14(3)23-30-15(21)4/h5-6,9,13,17H,7-8,10-12H2,1-4H3,(H,22,26)/t17-/m0/s1. The van der Waals surface area contributed by atoms with E-state index in [0.717, 1.165) is 5.56 Å². The molecule has 1 saturated heterocycles. The molecule has 1 fully saturated rings. The summed E-state index contributed by atoms with van der Waals surface area (Å²) in [5, 5.41) is 6.74. The van der Waals surface area contributed by atoms with Crippen LogP contribution in [-0.2, 0) is 14.8 Å². The maximum Gasteiger partial charge on any atom is 0.248 e. The molecule has 4 rings (SSSR count). The first-order valence-corrected chi connectivity index (χ1v) is 11.8. The number of hydrogen-bond donors (Lipinski definition) is 1. The van der Waals surface area contributed by atoms with E-state index in [2.05, 4.69) is 24.3 Å². The molecule has 1 amide bonds. The number of amides is 1. The maximum atomic E-state index is 13.2. The van der Waals surface area contributed by atoms with Gasteiger partial charge in [0, 0.05) is 19.6 Å². The first-order chi connectivity index (χ1) is 14.7. The van der Waals surface area contributed by atoms with E-state index in [1.807, 2.05) is 23.1 Å². The summed E-state index contributed by atoms with van der Waals surface area (Å²) in [6.07, 6.45) is 0. The molecule has 9 nitrogen and oxygen atoms in total. The van der Waals surface area contributed by atoms with Crippen LogP contribution in [0.15, 0.2) is 27.6 Å². The Hall–Kier alpha value is -2.43. The molecule has 31 heavy (non-hydrogen) atoms. The summed E-state index contributed by atoms with van der Waals surface area (Å²) in [6, 6.07) is 5.53. The van der Waals surface area contributed by atoms with Gasteiger partial charge in [0.05, 0.1) is 18.3 Å². The van der Waals surface area contributed by atoms with Gasteiger partial charge in [0.2, 0.25) is 15.9 Å². The highest BCUT2D eigenvalue weighted by Crippen LogP contribution is 2.31. The third kappa shape index (κ3) is 4.19. The van der Waals surface area contributed by atoms with E-state index in [0.29, 0.717) is 29.6 Å². The summed E-state index contributed by atoms with van der Waals surface area (Å²) in [7, 11) is -3.76. The van der Waals surface area contributed by atoms with Crippen LogP contribution in [0.1, 0.15) is 36.8 Å². The van der Waals surface area contributed by atoms with E-state index in [1.165, 1.54) is 4.31 Å². The highest BCUT2D eigenvalue weighted by molar-refractivity contribution is 7.89. The first-order valence-electron chi connectivity index (χ1n) is 10.4. The van der Waals surface area contributed by atoms with Crippen LogP contribution in [0.25, 0.3) is 0 Å². The molecule has 168 valence electrons. The largest absolute Gasteiger partial charge is 0.490 e. The number of nitrogens with one attached hydrogen (secondary N) is 1. The molecule has 0 unspecified atom stereocenters. The van der Waals surface area contributed by atoms with Crippen LogP contribution in [0.3, 0.4) is 0 Å². The van der Waals surface area contributed by atoms with Gasteiger partial charge >= 0.3 is 0 Å². The Morgan fingerprint density at radius 1 is 1.23 bits per heavy atom. The summed E-state index contributed by atoms with van der Waals surface area (Å²) in [6.45, 7) is 8.78. The number of benzene rings is 1. The Morgan fingerprint density at radius 2 is 2.00 bits per heavy atom. The number of hydrogen-bond acceptors (Lipinski definition) is 7. The smallest absolute Gasteiger partial charge is 0.248 e. The zero-order valence-electron chi connectivity index (χ0n) is 18.2. The summed E-state index contributed by atoms with van der Waals surface area (Å²) >= 11 is 0. The van der Waals surface area contributed by atoms with E-state index >= 15 is 0 Å². The molecule has 0 radical (unpaired) electrons. The number of rotatable bonds is 3. The molecule has 2 aliphatic heterocycles. The molecule has 1 aromatic carbocycles. The highest BCUT2D eigenvalue weighted by Gasteiger charge is 2.38. The Labute approximate surface area is 182 Å². The van der Waals surface area contributed by atoms with Crippen molar-refractivity contribution in [1.29, 1.82) is 0 Å². The van der Waals surface area contributed by atoms with Crippen LogP contribution in [-0.4, -0.2) is 67.5 Å². The van der Waals surface area contributed by atoms with Crippen molar-refractivity contribution < 1.29 is 22.5 Å². The van der Waals surface area contributed by atoms with Gasteiger partial charge in [-0.1, -0.05) is 25.1 Å². The van der Waals surface area contributed by atoms with E-state index < -0.39 is 10.0 Å². The van der Waals surface area contributed by atoms with Crippen LogP contribution in [0, 0.1) is 13.8 Å². The number of carbonyl (C=O) groups is 1. The SMILES string of the molecule is Cc1noc(C)c1S(=O)(=O)N1CCN2CC(=O)Nc3cc(C(C)C)ccc3OC[C@@H]2C1. The second kappa shape index (κ2) is 8.25. The Kier molecular flexibility index (Phi) is 5.80. The maximum absolute atomic E-state index is 13.2. The summed E-state index contributed by atoms with van der Waals surface area (Å²) in [4.78, 5) is 14.8. The predicted molar refractivity (Wildman–Crippen MR) is 115 cm³/mol. The Balaban J connectivity index is 1.59. The van der Waals surface area contributed by atoms with Crippen LogP contribution in [0.2, 0.25) is 0 Å². The Morgan fingerprint density at radius 3 is 2.68 bits per heavy atom. The van der Waals surface area contributed by atoms with Gasteiger partial charge in [-0.2, -0.15) is 4.31 Å². The molecule has 1 aromatic heterocycles. The van der Waals surface area contributed by atoms with Crippen molar-refractivity contribution in [2.24, 2.45) is 0 Å². The second-order valence-corrected chi connectivity index (χ2v) is 10.3. The number of sulfonamides is 1. The van der Waals surface area contributed by atoms with Gasteiger partial charge in [0.15, 0.2) is 5.76 Å². The lowest BCUT2D eigenvalue weighted by Crippen LogP contribution is -2.57. The minimum Gasteiger partial charge on any atom is -0.490 e. The molecule has 0 aliphatic carbocycles. The lowest BCUT2D eigenvalue weighted by Gasteiger charge is -2.39. The van der Waals surface area contributed by atoms with Crippen LogP contribution >= 0.6 is 0 Å². The molecule has 10 heteroatoms. The summed E-state index contributed by atoms with van der Waals surface area (Å²) in [5.41, 5.74) is 2.10. The van der Waals surface area contributed by atoms with Crippen molar-refractivity contribution in [3.05, 3.63) is 35.2 Å². The quantitative estimate of drug-likeness (QED) is 0.767. The fraction of sp³-hybridized carbons (Fsp3) is 0.524. The van der Waals surface area contributed by atoms with E-state index in [1.54, 1.807) is 13.8 Å². The van der Waals surface area contributed by atoms with Crippen molar-refractivity contribution in [1.82, 2.24) is 14.4 Å². The number of nitrogens with zero attached hydrogens (tertiary/aromatic N) is 3. The predicted octanol–water partition coefficient (Wildman–Crippen LogP) is 2.12. The van der Waals surface area contributed by atoms with E-state index in [-0.39, 0.29) is 48.8 Å². The number of anilines is 1. The second-order valence-electron chi connectivity index (χ2n) is 8.41. The highest BCUT2D eigenvalue weighted by atomic mass is 32.2. The Bertz CT molecular complexity index is 1080. The van der Waals surface area contributed by atoms with E-state index in [9.17, 15) is 13.2 Å². The molecule has 0 bridgehead atoms. The average Bonchev–Trinajstić information content (AvgIpc) is 3.08. The van der Waals surface area contributed by atoms with Crippen molar-refractivity contribution in [3.8, 4) is 5.75 Å². The van der Waals surface area contributed by atoms with Crippen molar-refractivity contribution in [3.63, 3.8) is 0 Å². The minimum absolute atomic E-state index is 0.120. The average molecular weight is 449 g/mol. The lowest BCUT2D eigenvalue weighted by atomic mass is 10.0. The van der Waals surface area contributed by atoms with Gasteiger partial charge in [-0.15, -0.1) is 0 Å². The normalized spacial score (nSPS) is 20.8.